The molecular weight excluding hydrogens is 379 g/mol. The monoisotopic (exact) mass is 395 g/mol. The SMILES string of the molecule is O=C(NC1CC1)c1ccc(NCc2ccc(OC(F)(F)F)cc2)c([N+](=O)[O-])c1. The number of nitrogens with zero attached hydrogens (tertiary/aromatic N) is 1. The number of hydrogen-bond donors (Lipinski definition) is 2. The van der Waals surface area contributed by atoms with Crippen LogP contribution in [0.3, 0.4) is 0 Å². The normalized spacial score (nSPS) is 13.7. The topological polar surface area (TPSA) is 93.5 Å². The van der Waals surface area contributed by atoms with E-state index in [9.17, 15) is 28.1 Å². The lowest BCUT2D eigenvalue weighted by Crippen LogP contribution is -2.25. The molecule has 0 atom stereocenters. The van der Waals surface area contributed by atoms with Gasteiger partial charge in [-0.2, -0.15) is 0 Å². The van der Waals surface area contributed by atoms with Crippen LogP contribution in [0, 0.1) is 10.1 Å². The lowest BCUT2D eigenvalue weighted by atomic mass is 10.1. The summed E-state index contributed by atoms with van der Waals surface area (Å²) in [6, 6.07) is 9.38. The molecule has 1 aliphatic carbocycles. The van der Waals surface area contributed by atoms with E-state index in [-0.39, 0.29) is 41.2 Å². The second kappa shape index (κ2) is 7.75. The number of benzene rings is 2. The third kappa shape index (κ3) is 5.35. The van der Waals surface area contributed by atoms with Gasteiger partial charge >= 0.3 is 6.36 Å². The van der Waals surface area contributed by atoms with E-state index in [1.165, 1.54) is 30.3 Å². The van der Waals surface area contributed by atoms with E-state index in [0.29, 0.717) is 5.56 Å². The first-order valence-corrected chi connectivity index (χ1v) is 8.39. The predicted molar refractivity (Wildman–Crippen MR) is 94.0 cm³/mol. The van der Waals surface area contributed by atoms with E-state index in [0.717, 1.165) is 25.0 Å². The average Bonchev–Trinajstić information content (AvgIpc) is 3.43. The minimum atomic E-state index is -4.77. The van der Waals surface area contributed by atoms with E-state index >= 15 is 0 Å². The molecule has 148 valence electrons. The Morgan fingerprint density at radius 3 is 2.43 bits per heavy atom. The molecule has 0 spiro atoms. The van der Waals surface area contributed by atoms with E-state index < -0.39 is 11.3 Å². The second-order valence-electron chi connectivity index (χ2n) is 6.28. The fourth-order valence-electron chi connectivity index (χ4n) is 2.48. The zero-order valence-electron chi connectivity index (χ0n) is 14.5. The molecule has 10 heteroatoms. The van der Waals surface area contributed by atoms with Gasteiger partial charge in [-0.05, 0) is 42.7 Å². The summed E-state index contributed by atoms with van der Waals surface area (Å²) in [6.45, 7) is 0.140. The number of alkyl halides is 3. The van der Waals surface area contributed by atoms with E-state index in [4.69, 9.17) is 0 Å². The first kappa shape index (κ1) is 19.5. The van der Waals surface area contributed by atoms with Crippen molar-refractivity contribution >= 4 is 17.3 Å². The van der Waals surface area contributed by atoms with Crippen LogP contribution >= 0.6 is 0 Å². The quantitative estimate of drug-likeness (QED) is 0.546. The molecule has 2 N–H and O–H groups in total. The summed E-state index contributed by atoms with van der Waals surface area (Å²) in [6.07, 6.45) is -2.96. The van der Waals surface area contributed by atoms with Crippen LogP contribution in [0.15, 0.2) is 42.5 Å². The highest BCUT2D eigenvalue weighted by Crippen LogP contribution is 2.28. The molecular formula is C18H16F3N3O4. The minimum Gasteiger partial charge on any atom is -0.406 e. The largest absolute Gasteiger partial charge is 0.573 e. The van der Waals surface area contributed by atoms with Gasteiger partial charge in [0.05, 0.1) is 4.92 Å². The zero-order chi connectivity index (χ0) is 20.3. The van der Waals surface area contributed by atoms with E-state index in [1.54, 1.807) is 0 Å². The lowest BCUT2D eigenvalue weighted by Gasteiger charge is -2.11. The number of hydrogen-bond acceptors (Lipinski definition) is 5. The van der Waals surface area contributed by atoms with Crippen LogP contribution in [0.4, 0.5) is 24.5 Å². The first-order chi connectivity index (χ1) is 13.2. The number of nitrogens with one attached hydrogen (secondary N) is 2. The Kier molecular flexibility index (Phi) is 5.39. The number of nitro benzene ring substituents is 1. The van der Waals surface area contributed by atoms with Gasteiger partial charge in [0.15, 0.2) is 0 Å². The maximum absolute atomic E-state index is 12.2. The summed E-state index contributed by atoms with van der Waals surface area (Å²) in [5, 5.41) is 17.0. The van der Waals surface area contributed by atoms with Crippen molar-refractivity contribution in [3.8, 4) is 5.75 Å². The van der Waals surface area contributed by atoms with Crippen LogP contribution in [0.2, 0.25) is 0 Å². The number of anilines is 1. The second-order valence-corrected chi connectivity index (χ2v) is 6.28. The van der Waals surface area contributed by atoms with Crippen molar-refractivity contribution in [3.63, 3.8) is 0 Å². The molecule has 1 saturated carbocycles. The Morgan fingerprint density at radius 2 is 1.86 bits per heavy atom. The Morgan fingerprint density at radius 1 is 1.18 bits per heavy atom. The molecule has 0 saturated heterocycles. The molecule has 2 aromatic rings. The Hall–Kier alpha value is -3.30. The predicted octanol–water partition coefficient (Wildman–Crippen LogP) is 4.00. The van der Waals surface area contributed by atoms with Crippen molar-refractivity contribution in [2.45, 2.75) is 31.8 Å². The van der Waals surface area contributed by atoms with Gasteiger partial charge in [0.2, 0.25) is 0 Å². The standard InChI is InChI=1S/C18H16F3N3O4/c19-18(20,21)28-14-6-1-11(2-7-14)10-22-15-8-3-12(9-16(15)24(26)27)17(25)23-13-4-5-13/h1-3,6-9,13,22H,4-5,10H2,(H,23,25). The summed E-state index contributed by atoms with van der Waals surface area (Å²) in [7, 11) is 0. The molecule has 0 radical (unpaired) electrons. The summed E-state index contributed by atoms with van der Waals surface area (Å²) >= 11 is 0. The fraction of sp³-hybridized carbons (Fsp3) is 0.278. The molecule has 0 bridgehead atoms. The maximum atomic E-state index is 12.2. The van der Waals surface area contributed by atoms with Gasteiger partial charge in [-0.1, -0.05) is 12.1 Å². The molecule has 3 rings (SSSR count). The van der Waals surface area contributed by atoms with Crippen LogP contribution in [0.5, 0.6) is 5.75 Å². The molecule has 2 aromatic carbocycles. The number of ether oxygens (including phenoxy) is 1. The van der Waals surface area contributed by atoms with Crippen molar-refractivity contribution in [2.24, 2.45) is 0 Å². The first-order valence-electron chi connectivity index (χ1n) is 8.39. The molecule has 0 unspecified atom stereocenters. The molecule has 1 amide bonds. The zero-order valence-corrected chi connectivity index (χ0v) is 14.5. The van der Waals surface area contributed by atoms with Crippen LogP contribution < -0.4 is 15.4 Å². The van der Waals surface area contributed by atoms with Crippen LogP contribution in [-0.4, -0.2) is 23.2 Å². The third-order valence-corrected chi connectivity index (χ3v) is 4.01. The highest BCUT2D eigenvalue weighted by molar-refractivity contribution is 5.96. The number of carbonyl (C=O) groups is 1. The summed E-state index contributed by atoms with van der Waals surface area (Å²) in [5.41, 5.74) is 0.723. The highest BCUT2D eigenvalue weighted by Gasteiger charge is 2.31. The van der Waals surface area contributed by atoms with Gasteiger partial charge in [-0.25, -0.2) is 0 Å². The van der Waals surface area contributed by atoms with Gasteiger partial charge in [0.1, 0.15) is 11.4 Å². The Balaban J connectivity index is 1.67. The van der Waals surface area contributed by atoms with Crippen molar-refractivity contribution in [3.05, 3.63) is 63.7 Å². The number of amides is 1. The van der Waals surface area contributed by atoms with Gasteiger partial charge in [-0.3, -0.25) is 14.9 Å². The molecule has 0 heterocycles. The smallest absolute Gasteiger partial charge is 0.406 e. The third-order valence-electron chi connectivity index (χ3n) is 4.01. The lowest BCUT2D eigenvalue weighted by molar-refractivity contribution is -0.384. The molecule has 28 heavy (non-hydrogen) atoms. The van der Waals surface area contributed by atoms with Crippen LogP contribution in [0.25, 0.3) is 0 Å². The van der Waals surface area contributed by atoms with Crippen molar-refractivity contribution in [1.82, 2.24) is 5.32 Å². The van der Waals surface area contributed by atoms with Crippen molar-refractivity contribution in [2.75, 3.05) is 5.32 Å². The number of carbonyl (C=O) groups excluding carboxylic acids is 1. The molecule has 7 nitrogen and oxygen atoms in total. The van der Waals surface area contributed by atoms with E-state index in [1.807, 2.05) is 0 Å². The summed E-state index contributed by atoms with van der Waals surface area (Å²) < 4.78 is 40.3. The number of rotatable bonds is 7. The molecule has 1 aliphatic rings. The minimum absolute atomic E-state index is 0.133. The summed E-state index contributed by atoms with van der Waals surface area (Å²) in [4.78, 5) is 22.8. The van der Waals surface area contributed by atoms with Crippen molar-refractivity contribution in [1.29, 1.82) is 0 Å². The van der Waals surface area contributed by atoms with Crippen molar-refractivity contribution < 1.29 is 27.6 Å². The van der Waals surface area contributed by atoms with Gasteiger partial charge in [0, 0.05) is 24.2 Å². The van der Waals surface area contributed by atoms with Crippen LogP contribution in [0.1, 0.15) is 28.8 Å². The van der Waals surface area contributed by atoms with Gasteiger partial charge in [-0.15, -0.1) is 13.2 Å². The van der Waals surface area contributed by atoms with Gasteiger partial charge in [0.25, 0.3) is 11.6 Å². The molecule has 0 aromatic heterocycles. The van der Waals surface area contributed by atoms with Crippen LogP contribution in [-0.2, 0) is 6.54 Å². The Labute approximate surface area is 157 Å². The average molecular weight is 395 g/mol. The number of halogens is 3. The molecule has 1 fully saturated rings. The van der Waals surface area contributed by atoms with Gasteiger partial charge < -0.3 is 15.4 Å². The Bertz CT molecular complexity index is 881. The van der Waals surface area contributed by atoms with E-state index in [2.05, 4.69) is 15.4 Å². The summed E-state index contributed by atoms with van der Waals surface area (Å²) in [5.74, 6) is -0.717. The fourth-order valence-corrected chi connectivity index (χ4v) is 2.48. The highest BCUT2D eigenvalue weighted by atomic mass is 19.4. The number of nitro groups is 1. The maximum Gasteiger partial charge on any atom is 0.573 e. The molecule has 0 aliphatic heterocycles.